The number of rotatable bonds is 5. The van der Waals surface area contributed by atoms with Crippen molar-refractivity contribution in [1.29, 1.82) is 0 Å². The fourth-order valence-electron chi connectivity index (χ4n) is 2.16. The summed E-state index contributed by atoms with van der Waals surface area (Å²) in [5, 5.41) is 6.40. The standard InChI is InChI=1S/C17H16F2N2O4S/c1-9(6-10-4-3-5-26-10)20-15(22)16(23)21-14-7-11(17(24)25-2)12(18)8-13(14)19/h3-5,7-9H,6H2,1-2H3,(H,20,22)(H,21,23). The minimum Gasteiger partial charge on any atom is -0.465 e. The summed E-state index contributed by atoms with van der Waals surface area (Å²) in [6, 6.07) is 4.65. The zero-order valence-electron chi connectivity index (χ0n) is 14.0. The van der Waals surface area contributed by atoms with Gasteiger partial charge in [0.1, 0.15) is 11.6 Å². The van der Waals surface area contributed by atoms with E-state index in [4.69, 9.17) is 0 Å². The second-order valence-corrected chi connectivity index (χ2v) is 6.45. The Morgan fingerprint density at radius 1 is 1.19 bits per heavy atom. The van der Waals surface area contributed by atoms with Crippen LogP contribution in [0.1, 0.15) is 22.2 Å². The Bertz CT molecular complexity index is 824. The van der Waals surface area contributed by atoms with Gasteiger partial charge in [-0.25, -0.2) is 13.6 Å². The van der Waals surface area contributed by atoms with Crippen molar-refractivity contribution in [2.45, 2.75) is 19.4 Å². The SMILES string of the molecule is COC(=O)c1cc(NC(=O)C(=O)NC(C)Cc2cccs2)c(F)cc1F. The van der Waals surface area contributed by atoms with E-state index in [1.807, 2.05) is 22.8 Å². The molecule has 0 spiro atoms. The Labute approximate surface area is 152 Å². The third-order valence-electron chi connectivity index (χ3n) is 3.38. The number of anilines is 1. The van der Waals surface area contributed by atoms with E-state index in [2.05, 4.69) is 10.1 Å². The first-order valence-electron chi connectivity index (χ1n) is 7.53. The Morgan fingerprint density at radius 3 is 2.54 bits per heavy atom. The number of halogens is 2. The Balaban J connectivity index is 2.04. The number of hydrogen-bond acceptors (Lipinski definition) is 5. The lowest BCUT2D eigenvalue weighted by molar-refractivity contribution is -0.136. The van der Waals surface area contributed by atoms with Gasteiger partial charge in [0.2, 0.25) is 0 Å². The van der Waals surface area contributed by atoms with Crippen molar-refractivity contribution >= 4 is 34.8 Å². The predicted octanol–water partition coefficient (Wildman–Crippen LogP) is 2.50. The van der Waals surface area contributed by atoms with Crippen molar-refractivity contribution in [2.75, 3.05) is 12.4 Å². The molecule has 1 aromatic carbocycles. The molecule has 0 aliphatic heterocycles. The lowest BCUT2D eigenvalue weighted by Gasteiger charge is -2.13. The van der Waals surface area contributed by atoms with Gasteiger partial charge in [-0.05, 0) is 24.4 Å². The molecule has 26 heavy (non-hydrogen) atoms. The normalized spacial score (nSPS) is 11.5. The van der Waals surface area contributed by atoms with Gasteiger partial charge in [-0.15, -0.1) is 11.3 Å². The van der Waals surface area contributed by atoms with Gasteiger partial charge >= 0.3 is 17.8 Å². The number of carbonyl (C=O) groups excluding carboxylic acids is 3. The third kappa shape index (κ3) is 4.85. The molecule has 0 aliphatic rings. The van der Waals surface area contributed by atoms with Crippen LogP contribution in [0.3, 0.4) is 0 Å². The van der Waals surface area contributed by atoms with Crippen molar-refractivity contribution in [3.05, 3.63) is 51.7 Å². The summed E-state index contributed by atoms with van der Waals surface area (Å²) in [7, 11) is 1.03. The number of hydrogen-bond donors (Lipinski definition) is 2. The van der Waals surface area contributed by atoms with Crippen LogP contribution in [-0.2, 0) is 20.7 Å². The Morgan fingerprint density at radius 2 is 1.92 bits per heavy atom. The zero-order chi connectivity index (χ0) is 19.3. The van der Waals surface area contributed by atoms with Crippen LogP contribution >= 0.6 is 11.3 Å². The van der Waals surface area contributed by atoms with E-state index in [1.54, 1.807) is 6.92 Å². The quantitative estimate of drug-likeness (QED) is 0.615. The average molecular weight is 382 g/mol. The predicted molar refractivity (Wildman–Crippen MR) is 92.0 cm³/mol. The van der Waals surface area contributed by atoms with Gasteiger partial charge in [-0.3, -0.25) is 9.59 Å². The maximum Gasteiger partial charge on any atom is 0.340 e. The first-order valence-corrected chi connectivity index (χ1v) is 8.41. The molecule has 0 saturated carbocycles. The molecule has 9 heteroatoms. The number of methoxy groups -OCH3 is 1. The van der Waals surface area contributed by atoms with Crippen LogP contribution in [0, 0.1) is 11.6 Å². The van der Waals surface area contributed by atoms with Crippen LogP contribution in [0.4, 0.5) is 14.5 Å². The Hall–Kier alpha value is -2.81. The molecule has 0 fully saturated rings. The summed E-state index contributed by atoms with van der Waals surface area (Å²) >= 11 is 1.52. The summed E-state index contributed by atoms with van der Waals surface area (Å²) in [4.78, 5) is 36.3. The van der Waals surface area contributed by atoms with E-state index in [9.17, 15) is 23.2 Å². The van der Waals surface area contributed by atoms with E-state index >= 15 is 0 Å². The molecule has 0 bridgehead atoms. The molecule has 0 saturated heterocycles. The maximum atomic E-state index is 13.8. The summed E-state index contributed by atoms with van der Waals surface area (Å²) in [6.45, 7) is 1.72. The number of nitrogens with one attached hydrogen (secondary N) is 2. The van der Waals surface area contributed by atoms with Gasteiger partial charge in [0.05, 0.1) is 18.4 Å². The monoisotopic (exact) mass is 382 g/mol. The van der Waals surface area contributed by atoms with Crippen molar-refractivity contribution in [2.24, 2.45) is 0 Å². The first-order chi connectivity index (χ1) is 12.3. The molecule has 2 N–H and O–H groups in total. The molecule has 2 aromatic rings. The molecule has 1 heterocycles. The van der Waals surface area contributed by atoms with Crippen molar-refractivity contribution in [1.82, 2.24) is 5.32 Å². The topological polar surface area (TPSA) is 84.5 Å². The summed E-state index contributed by atoms with van der Waals surface area (Å²) in [5.41, 5.74) is -1.06. The average Bonchev–Trinajstić information content (AvgIpc) is 3.09. The number of thiophene rings is 1. The second-order valence-electron chi connectivity index (χ2n) is 5.42. The fourth-order valence-corrected chi connectivity index (χ4v) is 3.00. The van der Waals surface area contributed by atoms with E-state index in [-0.39, 0.29) is 6.04 Å². The van der Waals surface area contributed by atoms with Gasteiger partial charge in [-0.1, -0.05) is 6.07 Å². The molecule has 2 amide bonds. The molecule has 6 nitrogen and oxygen atoms in total. The van der Waals surface area contributed by atoms with E-state index in [1.165, 1.54) is 11.3 Å². The molecule has 138 valence electrons. The lowest BCUT2D eigenvalue weighted by atomic mass is 10.1. The summed E-state index contributed by atoms with van der Waals surface area (Å²) in [6.07, 6.45) is 0.536. The van der Waals surface area contributed by atoms with Gasteiger partial charge in [-0.2, -0.15) is 0 Å². The van der Waals surface area contributed by atoms with Crippen LogP contribution < -0.4 is 10.6 Å². The molecular weight excluding hydrogens is 366 g/mol. The van der Waals surface area contributed by atoms with Crippen molar-refractivity contribution in [3.8, 4) is 0 Å². The fraction of sp³-hybridized carbons (Fsp3) is 0.235. The molecule has 1 atom stereocenters. The highest BCUT2D eigenvalue weighted by molar-refractivity contribution is 7.09. The highest BCUT2D eigenvalue weighted by Crippen LogP contribution is 2.20. The molecule has 1 aromatic heterocycles. The highest BCUT2D eigenvalue weighted by Gasteiger charge is 2.21. The maximum absolute atomic E-state index is 13.8. The van der Waals surface area contributed by atoms with E-state index in [0.29, 0.717) is 12.5 Å². The van der Waals surface area contributed by atoms with Crippen molar-refractivity contribution < 1.29 is 27.9 Å². The summed E-state index contributed by atoms with van der Waals surface area (Å²) in [5.74, 6) is -5.40. The smallest absolute Gasteiger partial charge is 0.340 e. The van der Waals surface area contributed by atoms with Crippen LogP contribution in [-0.4, -0.2) is 30.9 Å². The van der Waals surface area contributed by atoms with Crippen LogP contribution in [0.5, 0.6) is 0 Å². The lowest BCUT2D eigenvalue weighted by Crippen LogP contribution is -2.41. The molecule has 0 radical (unpaired) electrons. The zero-order valence-corrected chi connectivity index (χ0v) is 14.8. The Kier molecular flexibility index (Phi) is 6.40. The third-order valence-corrected chi connectivity index (χ3v) is 4.28. The minimum absolute atomic E-state index is 0.324. The molecule has 2 rings (SSSR count). The van der Waals surface area contributed by atoms with E-state index in [0.717, 1.165) is 18.1 Å². The van der Waals surface area contributed by atoms with Crippen molar-refractivity contribution in [3.63, 3.8) is 0 Å². The highest BCUT2D eigenvalue weighted by atomic mass is 32.1. The number of esters is 1. The molecule has 0 aliphatic carbocycles. The molecule has 1 unspecified atom stereocenters. The number of benzene rings is 1. The van der Waals surface area contributed by atoms with Gasteiger partial charge in [0.25, 0.3) is 0 Å². The van der Waals surface area contributed by atoms with Crippen LogP contribution in [0.25, 0.3) is 0 Å². The largest absolute Gasteiger partial charge is 0.465 e. The summed E-state index contributed by atoms with van der Waals surface area (Å²) < 4.78 is 31.8. The van der Waals surface area contributed by atoms with Crippen LogP contribution in [0.2, 0.25) is 0 Å². The van der Waals surface area contributed by atoms with Gasteiger partial charge in [0.15, 0.2) is 0 Å². The van der Waals surface area contributed by atoms with Gasteiger partial charge in [0, 0.05) is 23.4 Å². The first kappa shape index (κ1) is 19.5. The van der Waals surface area contributed by atoms with Crippen LogP contribution in [0.15, 0.2) is 29.6 Å². The van der Waals surface area contributed by atoms with E-state index < -0.39 is 40.7 Å². The minimum atomic E-state index is -1.14. The van der Waals surface area contributed by atoms with Gasteiger partial charge < -0.3 is 15.4 Å². The number of ether oxygens (including phenoxy) is 1. The second kappa shape index (κ2) is 8.52. The number of carbonyl (C=O) groups is 3. The number of amides is 2. The molecular formula is C17H16F2N2O4S.